The second kappa shape index (κ2) is 15.8. The van der Waals surface area contributed by atoms with Gasteiger partial charge >= 0.3 is 25.7 Å². The molecule has 25 nitrogen and oxygen atoms in total. The first-order valence-corrected chi connectivity index (χ1v) is 23.2. The summed E-state index contributed by atoms with van der Waals surface area (Å²) in [6, 6.07) is 0. The van der Waals surface area contributed by atoms with Crippen molar-refractivity contribution in [1.29, 1.82) is 0 Å². The molecule has 4 aromatic heterocycles. The van der Waals surface area contributed by atoms with E-state index in [2.05, 4.69) is 47.5 Å². The van der Waals surface area contributed by atoms with Crippen molar-refractivity contribution in [1.82, 2.24) is 43.9 Å². The summed E-state index contributed by atoms with van der Waals surface area (Å²) in [6.45, 7) is -5.31. The molecule has 4 fully saturated rings. The third kappa shape index (κ3) is 8.35. The number of anilines is 2. The fraction of sp³-hybridized carbons (Fsp3) is 0.600. The number of nitrogen functional groups attached to an aromatic ring is 1. The minimum absolute atomic E-state index is 0.0305. The predicted octanol–water partition coefficient (Wildman–Crippen LogP) is 1.93. The van der Waals surface area contributed by atoms with Crippen LogP contribution in [0, 0.1) is 0 Å². The minimum Gasteiger partial charge on any atom is -0.447 e. The molecule has 326 valence electrons. The SMILES string of the molecule is CN(CCOC(=O)Nc1ncnc2c1ncn2[C@@H]1O[C@@]23CO[C@@H]1[C@@H]2OP(O)(=S)OC[C@H]1O[C@@H](n2cnc4c(=O)[nH]c(N)nc42)[C@H](OP(=O)(S)OC3)[C@@H]1F)C(=O)OC(C)(C)C. The number of thiol groups is 1. The van der Waals surface area contributed by atoms with Gasteiger partial charge in [0.2, 0.25) is 5.95 Å². The van der Waals surface area contributed by atoms with Gasteiger partial charge in [0.25, 0.3) is 5.56 Å². The molecule has 4 aromatic rings. The Hall–Kier alpha value is -3.92. The highest BCUT2D eigenvalue weighted by atomic mass is 32.7. The molecular weight excluding hydrogens is 883 g/mol. The summed E-state index contributed by atoms with van der Waals surface area (Å²) in [7, 11) is 1.50. The minimum atomic E-state index is -4.54. The maximum Gasteiger partial charge on any atom is 0.412 e. The number of hydrogen-bond donors (Lipinski definition) is 5. The van der Waals surface area contributed by atoms with Crippen molar-refractivity contribution in [2.45, 2.75) is 75.0 Å². The average molecular weight is 922 g/mol. The van der Waals surface area contributed by atoms with E-state index in [-0.39, 0.29) is 53.9 Å². The molecular formula is C30H38FN11O14P2S2. The van der Waals surface area contributed by atoms with E-state index >= 15 is 4.39 Å². The van der Waals surface area contributed by atoms with Gasteiger partial charge in [0.15, 0.2) is 46.8 Å². The van der Waals surface area contributed by atoms with E-state index < -0.39 is 98.7 Å². The molecule has 4 saturated heterocycles. The molecule has 0 saturated carbocycles. The number of halogens is 1. The third-order valence-corrected chi connectivity index (χ3v) is 12.7. The lowest BCUT2D eigenvalue weighted by Crippen LogP contribution is -2.45. The van der Waals surface area contributed by atoms with E-state index in [4.69, 9.17) is 59.3 Å². The van der Waals surface area contributed by atoms with Crippen molar-refractivity contribution in [2.75, 3.05) is 51.1 Å². The van der Waals surface area contributed by atoms with Crippen LogP contribution in [-0.2, 0) is 58.2 Å². The smallest absolute Gasteiger partial charge is 0.412 e. The number of carbonyl (C=O) groups excluding carboxylic acids is 2. The molecule has 8 rings (SSSR count). The summed E-state index contributed by atoms with van der Waals surface area (Å²) < 4.78 is 84.7. The Labute approximate surface area is 347 Å². The average Bonchev–Trinajstić information content (AvgIpc) is 3.97. The molecule has 2 unspecified atom stereocenters. The van der Waals surface area contributed by atoms with Crippen LogP contribution in [0.2, 0.25) is 0 Å². The Kier molecular flexibility index (Phi) is 11.2. The number of nitrogens with one attached hydrogen (secondary N) is 2. The van der Waals surface area contributed by atoms with Gasteiger partial charge < -0.3 is 43.7 Å². The van der Waals surface area contributed by atoms with E-state index in [1.165, 1.54) is 22.8 Å². The third-order valence-electron chi connectivity index (χ3n) is 9.56. The zero-order valence-electron chi connectivity index (χ0n) is 31.8. The highest BCUT2D eigenvalue weighted by Gasteiger charge is 2.65. The van der Waals surface area contributed by atoms with Crippen LogP contribution < -0.4 is 16.6 Å². The summed E-state index contributed by atoms with van der Waals surface area (Å²) in [4.78, 5) is 73.2. The molecule has 4 aliphatic heterocycles. The second-order valence-electron chi connectivity index (χ2n) is 14.9. The summed E-state index contributed by atoms with van der Waals surface area (Å²) in [5, 5.41) is 2.50. The Morgan fingerprint density at radius 2 is 1.87 bits per heavy atom. The molecule has 2 amide bonds. The van der Waals surface area contributed by atoms with Crippen LogP contribution in [0.5, 0.6) is 0 Å². The van der Waals surface area contributed by atoms with Gasteiger partial charge in [-0.25, -0.2) is 38.5 Å². The van der Waals surface area contributed by atoms with Gasteiger partial charge in [-0.15, -0.1) is 0 Å². The van der Waals surface area contributed by atoms with Gasteiger partial charge in [0.1, 0.15) is 48.6 Å². The summed E-state index contributed by atoms with van der Waals surface area (Å²) in [6.07, 6.45) is -8.10. The number of rotatable bonds is 6. The van der Waals surface area contributed by atoms with E-state index in [9.17, 15) is 23.8 Å². The molecule has 4 aliphatic rings. The number of H-pyrrole nitrogens is 1. The molecule has 0 aromatic carbocycles. The maximum absolute atomic E-state index is 16.1. The predicted molar refractivity (Wildman–Crippen MR) is 208 cm³/mol. The normalized spacial score (nSPS) is 33.1. The fourth-order valence-corrected chi connectivity index (χ4v) is 9.78. The van der Waals surface area contributed by atoms with Crippen molar-refractivity contribution >= 4 is 83.9 Å². The molecule has 4 bridgehead atoms. The number of imidazole rings is 2. The van der Waals surface area contributed by atoms with Gasteiger partial charge in [0, 0.05) is 7.05 Å². The molecule has 0 spiro atoms. The number of nitrogens with zero attached hydrogens (tertiary/aromatic N) is 8. The van der Waals surface area contributed by atoms with Gasteiger partial charge in [-0.05, 0) is 32.6 Å². The standard InChI is InChI=1S/C30H38FN11O14P2S2/c1-29(2,3)54-28(45)40(4)5-6-48-27(44)37-20-15-21(34-10-33-20)41(11-35-15)25-18-19-30(53-25,8-49-18)9-51-58(47,60)55-17-14(31)13(7-50-57(46,59)56-19)52-24(17)42-12-36-16-22(42)38-26(32)39-23(16)43/h10-14,17-19,24-25H,5-9H2,1-4H3,(H,46,59)(H,47,60)(H3,32,38,39,43)(H,33,34,37,44)/t13-,14-,17-,18-,19+,24-,25-,30-,57?,58?/m1/s1. The van der Waals surface area contributed by atoms with Crippen LogP contribution in [0.1, 0.15) is 33.2 Å². The number of aromatic amines is 1. The van der Waals surface area contributed by atoms with Crippen LogP contribution in [0.3, 0.4) is 0 Å². The van der Waals surface area contributed by atoms with Crippen molar-refractivity contribution < 1.29 is 65.2 Å². The highest BCUT2D eigenvalue weighted by Crippen LogP contribution is 2.61. The maximum atomic E-state index is 16.1. The number of fused-ring (bicyclic) bond motifs is 4. The van der Waals surface area contributed by atoms with E-state index in [1.807, 2.05) is 0 Å². The molecule has 0 radical (unpaired) electrons. The van der Waals surface area contributed by atoms with Gasteiger partial charge in [-0.1, -0.05) is 12.2 Å². The van der Waals surface area contributed by atoms with E-state index in [0.717, 1.165) is 17.2 Å². The first kappa shape index (κ1) is 42.8. The van der Waals surface area contributed by atoms with Gasteiger partial charge in [-0.3, -0.25) is 37.8 Å². The number of carbonyl (C=O) groups is 2. The summed E-state index contributed by atoms with van der Waals surface area (Å²) in [5.41, 5.74) is 2.70. The lowest BCUT2D eigenvalue weighted by molar-refractivity contribution is -0.182. The number of likely N-dealkylation sites (N-methyl/N-ethyl adjacent to an activating group) is 1. The van der Waals surface area contributed by atoms with Gasteiger partial charge in [0.05, 0.1) is 39.0 Å². The van der Waals surface area contributed by atoms with E-state index in [0.29, 0.717) is 0 Å². The number of aromatic nitrogens is 8. The number of alkyl halides is 1. The largest absolute Gasteiger partial charge is 0.447 e. The number of ether oxygens (including phenoxy) is 5. The molecule has 10 atom stereocenters. The first-order valence-electron chi connectivity index (χ1n) is 17.9. The molecule has 0 aliphatic carbocycles. The number of nitrogens with two attached hydrogens (primary N) is 1. The fourth-order valence-electron chi connectivity index (χ4n) is 6.86. The monoisotopic (exact) mass is 921 g/mol. The van der Waals surface area contributed by atoms with Crippen LogP contribution in [0.4, 0.5) is 25.7 Å². The van der Waals surface area contributed by atoms with Crippen LogP contribution in [0.25, 0.3) is 22.3 Å². The second-order valence-corrected chi connectivity index (χ2v) is 20.6. The quantitative estimate of drug-likeness (QED) is 0.136. The van der Waals surface area contributed by atoms with E-state index in [1.54, 1.807) is 20.8 Å². The Morgan fingerprint density at radius 3 is 2.62 bits per heavy atom. The van der Waals surface area contributed by atoms with Gasteiger partial charge in [-0.2, -0.15) is 4.98 Å². The lowest BCUT2D eigenvalue weighted by Gasteiger charge is -2.33. The lowest BCUT2D eigenvalue weighted by atomic mass is 10.0. The summed E-state index contributed by atoms with van der Waals surface area (Å²) in [5.74, 6) is -0.297. The zero-order chi connectivity index (χ0) is 42.9. The highest BCUT2D eigenvalue weighted by molar-refractivity contribution is 8.44. The molecule has 5 N–H and O–H groups in total. The number of hydrogen-bond acceptors (Lipinski definition) is 20. The Balaban J connectivity index is 1.01. The first-order chi connectivity index (χ1) is 28.2. The Bertz CT molecular complexity index is 2490. The molecule has 30 heteroatoms. The van der Waals surface area contributed by atoms with Crippen LogP contribution >= 0.6 is 25.8 Å². The van der Waals surface area contributed by atoms with Crippen molar-refractivity contribution in [3.05, 3.63) is 29.3 Å². The molecule has 60 heavy (non-hydrogen) atoms. The topological polar surface area (TPSA) is 303 Å². The number of amides is 2. The van der Waals surface area contributed by atoms with Crippen molar-refractivity contribution in [3.63, 3.8) is 0 Å². The van der Waals surface area contributed by atoms with Crippen molar-refractivity contribution in [2.24, 2.45) is 0 Å². The van der Waals surface area contributed by atoms with Crippen molar-refractivity contribution in [3.8, 4) is 0 Å². The van der Waals surface area contributed by atoms with Crippen LogP contribution in [0.15, 0.2) is 23.8 Å². The van der Waals surface area contributed by atoms with Crippen LogP contribution in [-0.4, -0.2) is 143 Å². The molecule has 8 heterocycles. The Morgan fingerprint density at radius 1 is 1.13 bits per heavy atom. The summed E-state index contributed by atoms with van der Waals surface area (Å²) >= 11 is 9.50. The zero-order valence-corrected chi connectivity index (χ0v) is 35.3.